The number of benzene rings is 2. The minimum absolute atomic E-state index is 0.0791. The molecule has 0 bridgehead atoms. The molecule has 0 radical (unpaired) electrons. The zero-order valence-electron chi connectivity index (χ0n) is 11.4. The lowest BCUT2D eigenvalue weighted by molar-refractivity contribution is 0.0699. The SMILES string of the molecule is O=C(O)c1cn(S(=O)(=O)c2ccc(Cl)c(Cl)c2)c2ccccc12. The molecule has 1 heterocycles. The van der Waals surface area contributed by atoms with Crippen molar-refractivity contribution in [1.29, 1.82) is 0 Å². The van der Waals surface area contributed by atoms with Crippen molar-refractivity contribution in [2.24, 2.45) is 0 Å². The highest BCUT2D eigenvalue weighted by Crippen LogP contribution is 2.29. The molecule has 1 N–H and O–H groups in total. The zero-order valence-corrected chi connectivity index (χ0v) is 13.7. The number of aromatic nitrogens is 1. The smallest absolute Gasteiger partial charge is 0.337 e. The summed E-state index contributed by atoms with van der Waals surface area (Å²) in [6.45, 7) is 0. The topological polar surface area (TPSA) is 76.4 Å². The summed E-state index contributed by atoms with van der Waals surface area (Å²) >= 11 is 11.7. The van der Waals surface area contributed by atoms with E-state index < -0.39 is 16.0 Å². The van der Waals surface area contributed by atoms with Gasteiger partial charge in [-0.05, 0) is 24.3 Å². The van der Waals surface area contributed by atoms with Gasteiger partial charge >= 0.3 is 5.97 Å². The Morgan fingerprint density at radius 2 is 1.74 bits per heavy atom. The molecule has 0 aliphatic carbocycles. The van der Waals surface area contributed by atoms with E-state index in [0.717, 1.165) is 10.2 Å². The van der Waals surface area contributed by atoms with Crippen LogP contribution in [0.2, 0.25) is 10.0 Å². The van der Waals surface area contributed by atoms with Crippen LogP contribution in [0.4, 0.5) is 0 Å². The highest BCUT2D eigenvalue weighted by Gasteiger charge is 2.23. The number of carboxylic acid groups (broad SMARTS) is 1. The highest BCUT2D eigenvalue weighted by molar-refractivity contribution is 7.90. The van der Waals surface area contributed by atoms with Gasteiger partial charge in [-0.2, -0.15) is 0 Å². The fraction of sp³-hybridized carbons (Fsp3) is 0. The molecular weight excluding hydrogens is 361 g/mol. The predicted molar refractivity (Wildman–Crippen MR) is 87.9 cm³/mol. The van der Waals surface area contributed by atoms with E-state index in [1.54, 1.807) is 18.2 Å². The molecule has 23 heavy (non-hydrogen) atoms. The number of carbonyl (C=O) groups is 1. The summed E-state index contributed by atoms with van der Waals surface area (Å²) in [6.07, 6.45) is 1.09. The second-order valence-corrected chi connectivity index (χ2v) is 7.37. The molecule has 2 aromatic carbocycles. The van der Waals surface area contributed by atoms with Crippen LogP contribution in [0.15, 0.2) is 53.6 Å². The maximum absolute atomic E-state index is 12.8. The Kier molecular flexibility index (Phi) is 3.83. The van der Waals surface area contributed by atoms with Gasteiger partial charge in [-0.25, -0.2) is 17.2 Å². The largest absolute Gasteiger partial charge is 0.478 e. The Bertz CT molecular complexity index is 1040. The summed E-state index contributed by atoms with van der Waals surface area (Å²) in [6, 6.07) is 10.3. The lowest BCUT2D eigenvalue weighted by Gasteiger charge is -2.08. The van der Waals surface area contributed by atoms with E-state index in [1.165, 1.54) is 24.3 Å². The first-order valence-corrected chi connectivity index (χ1v) is 8.56. The molecule has 8 heteroatoms. The van der Waals surface area contributed by atoms with E-state index in [0.29, 0.717) is 5.39 Å². The molecular formula is C15H9Cl2NO4S. The van der Waals surface area contributed by atoms with Gasteiger partial charge in [-0.15, -0.1) is 0 Å². The lowest BCUT2D eigenvalue weighted by atomic mass is 10.2. The molecule has 3 rings (SSSR count). The van der Waals surface area contributed by atoms with E-state index in [1.807, 2.05) is 0 Å². The number of rotatable bonds is 3. The van der Waals surface area contributed by atoms with E-state index in [4.69, 9.17) is 23.2 Å². The molecule has 0 fully saturated rings. The first-order valence-electron chi connectivity index (χ1n) is 6.36. The van der Waals surface area contributed by atoms with Gasteiger partial charge in [0.25, 0.3) is 10.0 Å². The number of aromatic carboxylic acids is 1. The molecule has 118 valence electrons. The summed E-state index contributed by atoms with van der Waals surface area (Å²) in [5, 5.41) is 9.93. The van der Waals surface area contributed by atoms with Crippen molar-refractivity contribution in [3.63, 3.8) is 0 Å². The van der Waals surface area contributed by atoms with Gasteiger partial charge in [0.1, 0.15) is 0 Å². The predicted octanol–water partition coefficient (Wildman–Crippen LogP) is 3.88. The molecule has 0 spiro atoms. The maximum Gasteiger partial charge on any atom is 0.337 e. The Labute approximate surface area is 141 Å². The van der Waals surface area contributed by atoms with Gasteiger partial charge in [-0.1, -0.05) is 41.4 Å². The van der Waals surface area contributed by atoms with Gasteiger partial charge in [0, 0.05) is 11.6 Å². The second-order valence-electron chi connectivity index (χ2n) is 4.74. The Morgan fingerprint density at radius 3 is 2.39 bits per heavy atom. The molecule has 0 aliphatic heterocycles. The van der Waals surface area contributed by atoms with Crippen LogP contribution < -0.4 is 0 Å². The number of hydrogen-bond donors (Lipinski definition) is 1. The van der Waals surface area contributed by atoms with Gasteiger partial charge in [0.15, 0.2) is 0 Å². The molecule has 1 aromatic heterocycles. The Morgan fingerprint density at radius 1 is 1.04 bits per heavy atom. The van der Waals surface area contributed by atoms with Crippen LogP contribution in [0.3, 0.4) is 0 Å². The Balaban J connectivity index is 2.31. The van der Waals surface area contributed by atoms with Crippen molar-refractivity contribution < 1.29 is 18.3 Å². The van der Waals surface area contributed by atoms with Crippen LogP contribution in [-0.2, 0) is 10.0 Å². The van der Waals surface area contributed by atoms with Crippen LogP contribution in [0, 0.1) is 0 Å². The summed E-state index contributed by atoms with van der Waals surface area (Å²) in [4.78, 5) is 11.3. The van der Waals surface area contributed by atoms with Crippen molar-refractivity contribution in [3.05, 3.63) is 64.3 Å². The third kappa shape index (κ3) is 2.59. The third-order valence-electron chi connectivity index (χ3n) is 3.36. The van der Waals surface area contributed by atoms with Crippen LogP contribution in [0.1, 0.15) is 10.4 Å². The first kappa shape index (κ1) is 15.9. The summed E-state index contributed by atoms with van der Waals surface area (Å²) < 4.78 is 26.6. The average Bonchev–Trinajstić information content (AvgIpc) is 2.90. The van der Waals surface area contributed by atoms with Gasteiger partial charge in [0.2, 0.25) is 0 Å². The lowest BCUT2D eigenvalue weighted by Crippen LogP contribution is -2.12. The molecule has 0 saturated carbocycles. The number of carboxylic acids is 1. The van der Waals surface area contributed by atoms with Crippen LogP contribution in [-0.4, -0.2) is 23.5 Å². The number of para-hydroxylation sites is 1. The van der Waals surface area contributed by atoms with Crippen molar-refractivity contribution in [2.45, 2.75) is 4.90 Å². The Hall–Kier alpha value is -2.02. The summed E-state index contributed by atoms with van der Waals surface area (Å²) in [5.41, 5.74) is 0.181. The van der Waals surface area contributed by atoms with E-state index in [9.17, 15) is 18.3 Å². The fourth-order valence-corrected chi connectivity index (χ4v) is 4.03. The number of halogens is 2. The van der Waals surface area contributed by atoms with Crippen LogP contribution in [0.5, 0.6) is 0 Å². The van der Waals surface area contributed by atoms with Crippen molar-refractivity contribution in [3.8, 4) is 0 Å². The standard InChI is InChI=1S/C15H9Cl2NO4S/c16-12-6-5-9(7-13(12)17)23(21,22)18-8-11(15(19)20)10-3-1-2-4-14(10)18/h1-8H,(H,19,20). The van der Waals surface area contributed by atoms with Gasteiger partial charge < -0.3 is 5.11 Å². The molecule has 3 aromatic rings. The third-order valence-corrected chi connectivity index (χ3v) is 5.76. The maximum atomic E-state index is 12.8. The quantitative estimate of drug-likeness (QED) is 0.759. The van der Waals surface area contributed by atoms with E-state index >= 15 is 0 Å². The molecule has 0 aliphatic rings. The molecule has 0 saturated heterocycles. The summed E-state index contributed by atoms with van der Waals surface area (Å²) in [7, 11) is -4.01. The zero-order chi connectivity index (χ0) is 16.8. The molecule has 0 unspecified atom stereocenters. The molecule has 5 nitrogen and oxygen atoms in total. The second kappa shape index (κ2) is 5.56. The van der Waals surface area contributed by atoms with E-state index in [2.05, 4.69) is 0 Å². The number of nitrogens with zero attached hydrogens (tertiary/aromatic N) is 1. The van der Waals surface area contributed by atoms with Crippen LogP contribution >= 0.6 is 23.2 Å². The number of fused-ring (bicyclic) bond motifs is 1. The minimum atomic E-state index is -4.01. The van der Waals surface area contributed by atoms with Crippen molar-refractivity contribution >= 4 is 50.1 Å². The normalized spacial score (nSPS) is 11.7. The molecule has 0 amide bonds. The van der Waals surface area contributed by atoms with Crippen molar-refractivity contribution in [2.75, 3.05) is 0 Å². The molecule has 0 atom stereocenters. The van der Waals surface area contributed by atoms with Gasteiger partial charge in [0.05, 0.1) is 26.0 Å². The average molecular weight is 370 g/mol. The fourth-order valence-electron chi connectivity index (χ4n) is 2.27. The van der Waals surface area contributed by atoms with Crippen LogP contribution in [0.25, 0.3) is 10.9 Å². The number of hydrogen-bond acceptors (Lipinski definition) is 3. The van der Waals surface area contributed by atoms with Crippen molar-refractivity contribution in [1.82, 2.24) is 3.97 Å². The minimum Gasteiger partial charge on any atom is -0.478 e. The monoisotopic (exact) mass is 369 g/mol. The highest BCUT2D eigenvalue weighted by atomic mass is 35.5. The summed E-state index contributed by atoms with van der Waals surface area (Å²) in [5.74, 6) is -1.20. The van der Waals surface area contributed by atoms with E-state index in [-0.39, 0.29) is 26.0 Å². The first-order chi connectivity index (χ1) is 10.8. The van der Waals surface area contributed by atoms with Gasteiger partial charge in [-0.3, -0.25) is 0 Å².